The second kappa shape index (κ2) is 7.04. The van der Waals surface area contributed by atoms with Gasteiger partial charge in [0.1, 0.15) is 5.75 Å². The lowest BCUT2D eigenvalue weighted by atomic mass is 10.0. The summed E-state index contributed by atoms with van der Waals surface area (Å²) in [6.45, 7) is 5.21. The van der Waals surface area contributed by atoms with Gasteiger partial charge in [-0.1, -0.05) is 6.07 Å². The number of ether oxygens (including phenoxy) is 1. The van der Waals surface area contributed by atoms with Crippen molar-refractivity contribution in [1.82, 2.24) is 4.72 Å². The molecule has 0 atom stereocenters. The van der Waals surface area contributed by atoms with E-state index < -0.39 is 10.2 Å². The number of benzene rings is 1. The number of nitrogens with zero attached hydrogens (tertiary/aromatic N) is 1. The summed E-state index contributed by atoms with van der Waals surface area (Å²) in [6, 6.07) is 5.53. The van der Waals surface area contributed by atoms with E-state index in [0.717, 1.165) is 11.1 Å². The molecule has 0 unspecified atom stereocenters. The topological polar surface area (TPSA) is 96.9 Å². The second-order valence-electron chi connectivity index (χ2n) is 5.61. The van der Waals surface area contributed by atoms with E-state index >= 15 is 0 Å². The van der Waals surface area contributed by atoms with E-state index in [-0.39, 0.29) is 12.3 Å². The number of amides is 1. The summed E-state index contributed by atoms with van der Waals surface area (Å²) in [7, 11) is -2.11. The maximum absolute atomic E-state index is 12.2. The first-order valence-corrected chi connectivity index (χ1v) is 8.90. The zero-order valence-electron chi connectivity index (χ0n) is 14.1. The molecule has 1 heterocycles. The van der Waals surface area contributed by atoms with Gasteiger partial charge in [-0.3, -0.25) is 9.52 Å². The van der Waals surface area contributed by atoms with Crippen LogP contribution < -0.4 is 14.8 Å². The van der Waals surface area contributed by atoms with Gasteiger partial charge in [-0.15, -0.1) is 4.40 Å². The highest BCUT2D eigenvalue weighted by Crippen LogP contribution is 2.26. The van der Waals surface area contributed by atoms with Gasteiger partial charge in [-0.05, 0) is 50.5 Å². The molecule has 1 aliphatic heterocycles. The third-order valence-corrected chi connectivity index (χ3v) is 4.74. The van der Waals surface area contributed by atoms with Crippen LogP contribution in [0.15, 0.2) is 33.9 Å². The summed E-state index contributed by atoms with van der Waals surface area (Å²) < 4.78 is 34.1. The number of carbonyl (C=O) groups is 1. The Labute approximate surface area is 142 Å². The number of hydrogen-bond acceptors (Lipinski definition) is 4. The van der Waals surface area contributed by atoms with Crippen molar-refractivity contribution in [3.63, 3.8) is 0 Å². The van der Waals surface area contributed by atoms with Crippen LogP contribution in [0.3, 0.4) is 0 Å². The molecule has 130 valence electrons. The molecule has 2 rings (SSSR count). The quantitative estimate of drug-likeness (QED) is 0.850. The Balaban J connectivity index is 2.05. The number of methoxy groups -OCH3 is 1. The zero-order valence-corrected chi connectivity index (χ0v) is 15.0. The largest absolute Gasteiger partial charge is 0.495 e. The second-order valence-corrected chi connectivity index (χ2v) is 6.95. The van der Waals surface area contributed by atoms with Crippen LogP contribution in [0, 0.1) is 6.92 Å². The number of nitrogens with one attached hydrogen (secondary N) is 2. The van der Waals surface area contributed by atoms with E-state index in [9.17, 15) is 13.2 Å². The Morgan fingerprint density at radius 1 is 1.29 bits per heavy atom. The SMILES string of the molecule is COc1ccc(C)cc1NC(=O)CCC1=C(C)NS(=O)(=O)N=C1C. The van der Waals surface area contributed by atoms with Crippen LogP contribution in [0.25, 0.3) is 0 Å². The molecule has 1 aromatic carbocycles. The number of allylic oxidation sites excluding steroid dienone is 2. The third-order valence-electron chi connectivity index (χ3n) is 3.66. The molecule has 8 heteroatoms. The first-order chi connectivity index (χ1) is 11.2. The van der Waals surface area contributed by atoms with Crippen molar-refractivity contribution in [1.29, 1.82) is 0 Å². The average Bonchev–Trinajstić information content (AvgIpc) is 2.45. The predicted molar refractivity (Wildman–Crippen MR) is 93.5 cm³/mol. The van der Waals surface area contributed by atoms with E-state index in [1.54, 1.807) is 27.0 Å². The van der Waals surface area contributed by atoms with Crippen LogP contribution >= 0.6 is 0 Å². The molecule has 0 radical (unpaired) electrons. The van der Waals surface area contributed by atoms with Crippen molar-refractivity contribution in [3.05, 3.63) is 35.0 Å². The summed E-state index contributed by atoms with van der Waals surface area (Å²) in [6.07, 6.45) is 0.599. The van der Waals surface area contributed by atoms with E-state index in [4.69, 9.17) is 4.74 Å². The summed E-state index contributed by atoms with van der Waals surface area (Å²) in [4.78, 5) is 12.2. The van der Waals surface area contributed by atoms with Crippen molar-refractivity contribution in [3.8, 4) is 5.75 Å². The molecule has 1 amide bonds. The Bertz CT molecular complexity index is 826. The molecule has 7 nitrogen and oxygen atoms in total. The highest BCUT2D eigenvalue weighted by atomic mass is 32.2. The molecular formula is C16H21N3O4S. The molecule has 2 N–H and O–H groups in total. The molecule has 0 saturated heterocycles. The van der Waals surface area contributed by atoms with Gasteiger partial charge in [0.25, 0.3) is 0 Å². The van der Waals surface area contributed by atoms with Gasteiger partial charge in [0.2, 0.25) is 5.91 Å². The fraction of sp³-hybridized carbons (Fsp3) is 0.375. The number of anilines is 1. The molecule has 0 spiro atoms. The molecule has 0 aromatic heterocycles. The molecule has 1 aromatic rings. The number of carbonyl (C=O) groups excluding carboxylic acids is 1. The third kappa shape index (κ3) is 4.35. The first kappa shape index (κ1) is 18.0. The standard InChI is InChI=1S/C16H21N3O4S/c1-10-5-7-15(23-4)14(9-10)17-16(20)8-6-13-11(2)18-24(21,22)19-12(13)3/h5,7,9,18H,6,8H2,1-4H3,(H,17,20). The predicted octanol–water partition coefficient (Wildman–Crippen LogP) is 2.31. The van der Waals surface area contributed by atoms with Gasteiger partial charge in [-0.25, -0.2) is 0 Å². The Kier molecular flexibility index (Phi) is 5.28. The van der Waals surface area contributed by atoms with Crippen molar-refractivity contribution < 1.29 is 17.9 Å². The zero-order chi connectivity index (χ0) is 17.9. The van der Waals surface area contributed by atoms with Crippen molar-refractivity contribution >= 4 is 27.5 Å². The lowest BCUT2D eigenvalue weighted by Crippen LogP contribution is -2.28. The minimum Gasteiger partial charge on any atom is -0.495 e. The normalized spacial score (nSPS) is 16.2. The van der Waals surface area contributed by atoms with Gasteiger partial charge in [-0.2, -0.15) is 8.42 Å². The molecular weight excluding hydrogens is 330 g/mol. The Hall–Kier alpha value is -2.35. The first-order valence-electron chi connectivity index (χ1n) is 7.46. The van der Waals surface area contributed by atoms with Gasteiger partial charge in [0, 0.05) is 12.1 Å². The van der Waals surface area contributed by atoms with Gasteiger partial charge in [0.15, 0.2) is 0 Å². The maximum Gasteiger partial charge on any atom is 0.342 e. The molecule has 24 heavy (non-hydrogen) atoms. The van der Waals surface area contributed by atoms with E-state index in [1.807, 2.05) is 19.1 Å². The molecule has 0 saturated carbocycles. The van der Waals surface area contributed by atoms with Crippen molar-refractivity contribution in [2.24, 2.45) is 4.40 Å². The van der Waals surface area contributed by atoms with Gasteiger partial charge < -0.3 is 10.1 Å². The fourth-order valence-electron chi connectivity index (χ4n) is 2.52. The van der Waals surface area contributed by atoms with Crippen molar-refractivity contribution in [2.75, 3.05) is 12.4 Å². The van der Waals surface area contributed by atoms with Crippen LogP contribution in [0.2, 0.25) is 0 Å². The summed E-state index contributed by atoms with van der Waals surface area (Å²) >= 11 is 0. The Morgan fingerprint density at radius 2 is 2.00 bits per heavy atom. The average molecular weight is 351 g/mol. The minimum absolute atomic E-state index is 0.180. The lowest BCUT2D eigenvalue weighted by molar-refractivity contribution is -0.116. The number of rotatable bonds is 5. The smallest absolute Gasteiger partial charge is 0.342 e. The summed E-state index contributed by atoms with van der Waals surface area (Å²) in [5.74, 6) is 0.410. The highest BCUT2D eigenvalue weighted by Gasteiger charge is 2.20. The summed E-state index contributed by atoms with van der Waals surface area (Å²) in [5, 5.41) is 2.82. The van der Waals surface area contributed by atoms with Crippen LogP contribution in [0.1, 0.15) is 32.3 Å². The number of aryl methyl sites for hydroxylation is 1. The van der Waals surface area contributed by atoms with Gasteiger partial charge >= 0.3 is 10.2 Å². The molecule has 1 aliphatic rings. The number of hydrogen-bond donors (Lipinski definition) is 2. The van der Waals surface area contributed by atoms with Crippen LogP contribution in [-0.4, -0.2) is 27.1 Å². The highest BCUT2D eigenvalue weighted by molar-refractivity contribution is 7.88. The van der Waals surface area contributed by atoms with E-state index in [2.05, 4.69) is 14.4 Å². The van der Waals surface area contributed by atoms with Gasteiger partial charge in [0.05, 0.1) is 18.5 Å². The van der Waals surface area contributed by atoms with Crippen LogP contribution in [0.4, 0.5) is 5.69 Å². The Morgan fingerprint density at radius 3 is 2.62 bits per heavy atom. The fourth-order valence-corrected chi connectivity index (χ4v) is 3.55. The lowest BCUT2D eigenvalue weighted by Gasteiger charge is -2.18. The van der Waals surface area contributed by atoms with Crippen LogP contribution in [-0.2, 0) is 15.0 Å². The monoisotopic (exact) mass is 351 g/mol. The van der Waals surface area contributed by atoms with Crippen LogP contribution in [0.5, 0.6) is 5.75 Å². The van der Waals surface area contributed by atoms with E-state index in [1.165, 1.54) is 0 Å². The molecule has 0 bridgehead atoms. The minimum atomic E-state index is -3.65. The molecule has 0 fully saturated rings. The maximum atomic E-state index is 12.2. The molecule has 0 aliphatic carbocycles. The summed E-state index contributed by atoms with van der Waals surface area (Å²) in [5.41, 5.74) is 3.27. The van der Waals surface area contributed by atoms with E-state index in [0.29, 0.717) is 29.3 Å². The van der Waals surface area contributed by atoms with Crippen molar-refractivity contribution in [2.45, 2.75) is 33.6 Å².